The summed E-state index contributed by atoms with van der Waals surface area (Å²) in [5, 5.41) is 14.6. The van der Waals surface area contributed by atoms with Crippen molar-refractivity contribution in [1.82, 2.24) is 20.1 Å². The average molecular weight is 373 g/mol. The third-order valence-electron chi connectivity index (χ3n) is 5.17. The Morgan fingerprint density at radius 1 is 1.00 bits per heavy atom. The standard InChI is InChI=1S/C18H23N5O2S/c1-19-16(24)14-11-7-4-5-8-12(11)26-18(14)20-17(25)15-22-21-13-9-3-2-6-10-23(13)15/h2-10H2,1H3,(H,19,24)(H,20,25). The number of carbonyl (C=O) groups excluding carboxylic acids is 2. The molecule has 1 aliphatic carbocycles. The van der Waals surface area contributed by atoms with E-state index in [1.807, 2.05) is 4.57 Å². The number of thiophene rings is 1. The van der Waals surface area contributed by atoms with Gasteiger partial charge in [0.05, 0.1) is 5.56 Å². The lowest BCUT2D eigenvalue weighted by Crippen LogP contribution is -2.23. The third kappa shape index (κ3) is 3.02. The highest BCUT2D eigenvalue weighted by atomic mass is 32.1. The molecule has 0 spiro atoms. The Bertz CT molecular complexity index is 854. The monoisotopic (exact) mass is 373 g/mol. The van der Waals surface area contributed by atoms with Crippen molar-refractivity contribution in [3.8, 4) is 0 Å². The molecule has 0 radical (unpaired) electrons. The van der Waals surface area contributed by atoms with Gasteiger partial charge in [-0.2, -0.15) is 0 Å². The van der Waals surface area contributed by atoms with Crippen molar-refractivity contribution in [2.75, 3.05) is 12.4 Å². The van der Waals surface area contributed by atoms with Crippen molar-refractivity contribution < 1.29 is 9.59 Å². The molecule has 0 bridgehead atoms. The lowest BCUT2D eigenvalue weighted by molar-refractivity contribution is 0.0963. The smallest absolute Gasteiger partial charge is 0.294 e. The minimum absolute atomic E-state index is 0.139. The molecule has 2 aromatic heterocycles. The molecule has 7 nitrogen and oxygen atoms in total. The third-order valence-corrected chi connectivity index (χ3v) is 6.37. The van der Waals surface area contributed by atoms with Crippen LogP contribution in [0.4, 0.5) is 5.00 Å². The first-order valence-corrected chi connectivity index (χ1v) is 10.1. The molecule has 0 aromatic carbocycles. The van der Waals surface area contributed by atoms with Crippen LogP contribution in [0.1, 0.15) is 69.3 Å². The summed E-state index contributed by atoms with van der Waals surface area (Å²) in [5.41, 5.74) is 1.71. The van der Waals surface area contributed by atoms with E-state index in [9.17, 15) is 9.59 Å². The van der Waals surface area contributed by atoms with Gasteiger partial charge in [-0.15, -0.1) is 21.5 Å². The van der Waals surface area contributed by atoms with Crippen LogP contribution in [0.15, 0.2) is 0 Å². The quantitative estimate of drug-likeness (QED) is 0.865. The van der Waals surface area contributed by atoms with Crippen LogP contribution in [0.3, 0.4) is 0 Å². The topological polar surface area (TPSA) is 88.9 Å². The van der Waals surface area contributed by atoms with Crippen molar-refractivity contribution >= 4 is 28.2 Å². The summed E-state index contributed by atoms with van der Waals surface area (Å²) in [6, 6.07) is 0. The Labute approximate surface area is 156 Å². The number of anilines is 1. The number of hydrogen-bond acceptors (Lipinski definition) is 5. The molecule has 4 rings (SSSR count). The van der Waals surface area contributed by atoms with Crippen LogP contribution in [0.5, 0.6) is 0 Å². The van der Waals surface area contributed by atoms with Crippen molar-refractivity contribution in [3.05, 3.63) is 27.7 Å². The van der Waals surface area contributed by atoms with E-state index in [-0.39, 0.29) is 11.8 Å². The van der Waals surface area contributed by atoms with E-state index in [0.29, 0.717) is 16.4 Å². The van der Waals surface area contributed by atoms with Gasteiger partial charge < -0.3 is 15.2 Å². The number of amides is 2. The van der Waals surface area contributed by atoms with Crippen LogP contribution in [-0.2, 0) is 25.8 Å². The van der Waals surface area contributed by atoms with Gasteiger partial charge in [-0.05, 0) is 44.1 Å². The molecule has 2 aromatic rings. The zero-order chi connectivity index (χ0) is 18.1. The summed E-state index contributed by atoms with van der Waals surface area (Å²) < 4.78 is 1.93. The Kier molecular flexibility index (Phi) is 4.76. The molecular weight excluding hydrogens is 350 g/mol. The van der Waals surface area contributed by atoms with Crippen LogP contribution >= 0.6 is 11.3 Å². The second-order valence-electron chi connectivity index (χ2n) is 6.85. The SMILES string of the molecule is CNC(=O)c1c(NC(=O)c2nnc3n2CCCCC3)sc2c1CCCC2. The molecule has 2 amide bonds. The highest BCUT2D eigenvalue weighted by Crippen LogP contribution is 2.38. The molecule has 26 heavy (non-hydrogen) atoms. The largest absolute Gasteiger partial charge is 0.355 e. The molecule has 0 saturated heterocycles. The van der Waals surface area contributed by atoms with Crippen molar-refractivity contribution in [3.63, 3.8) is 0 Å². The van der Waals surface area contributed by atoms with Crippen LogP contribution < -0.4 is 10.6 Å². The van der Waals surface area contributed by atoms with Gasteiger partial charge in [-0.25, -0.2) is 0 Å². The molecule has 2 aliphatic rings. The van der Waals surface area contributed by atoms with E-state index in [2.05, 4.69) is 20.8 Å². The van der Waals surface area contributed by atoms with E-state index < -0.39 is 0 Å². The fraction of sp³-hybridized carbons (Fsp3) is 0.556. The number of rotatable bonds is 3. The van der Waals surface area contributed by atoms with E-state index in [4.69, 9.17) is 0 Å². The maximum Gasteiger partial charge on any atom is 0.294 e. The number of nitrogens with zero attached hydrogens (tertiary/aromatic N) is 3. The summed E-state index contributed by atoms with van der Waals surface area (Å²) in [7, 11) is 1.62. The molecule has 8 heteroatoms. The second-order valence-corrected chi connectivity index (χ2v) is 7.96. The Hall–Kier alpha value is -2.22. The van der Waals surface area contributed by atoms with Crippen LogP contribution in [0.25, 0.3) is 0 Å². The molecule has 138 valence electrons. The van der Waals surface area contributed by atoms with Gasteiger partial charge in [0.2, 0.25) is 5.82 Å². The number of aromatic nitrogens is 3. The highest BCUT2D eigenvalue weighted by Gasteiger charge is 2.27. The Morgan fingerprint density at radius 2 is 1.81 bits per heavy atom. The fourth-order valence-corrected chi connectivity index (χ4v) is 5.11. The molecule has 2 N–H and O–H groups in total. The van der Waals surface area contributed by atoms with E-state index in [0.717, 1.165) is 69.3 Å². The zero-order valence-corrected chi connectivity index (χ0v) is 15.7. The summed E-state index contributed by atoms with van der Waals surface area (Å²) >= 11 is 1.52. The highest BCUT2D eigenvalue weighted by molar-refractivity contribution is 7.17. The number of carbonyl (C=O) groups is 2. The Balaban J connectivity index is 1.65. The predicted molar refractivity (Wildman–Crippen MR) is 99.9 cm³/mol. The van der Waals surface area contributed by atoms with Crippen LogP contribution in [-0.4, -0.2) is 33.6 Å². The summed E-state index contributed by atoms with van der Waals surface area (Å²) in [4.78, 5) is 26.5. The maximum absolute atomic E-state index is 12.9. The van der Waals surface area contributed by atoms with E-state index in [1.54, 1.807) is 7.05 Å². The van der Waals surface area contributed by atoms with Gasteiger partial charge in [0, 0.05) is 24.9 Å². The lowest BCUT2D eigenvalue weighted by atomic mass is 9.95. The fourth-order valence-electron chi connectivity index (χ4n) is 3.83. The minimum Gasteiger partial charge on any atom is -0.355 e. The summed E-state index contributed by atoms with van der Waals surface area (Å²) in [6.07, 6.45) is 8.19. The molecule has 1 aliphatic heterocycles. The molecular formula is C18H23N5O2S. The number of hydrogen-bond donors (Lipinski definition) is 2. The predicted octanol–water partition coefficient (Wildman–Crippen LogP) is 2.56. The first kappa shape index (κ1) is 17.2. The zero-order valence-electron chi connectivity index (χ0n) is 14.9. The first-order valence-electron chi connectivity index (χ1n) is 9.29. The number of nitrogens with one attached hydrogen (secondary N) is 2. The minimum atomic E-state index is -0.283. The Morgan fingerprint density at radius 3 is 2.65 bits per heavy atom. The van der Waals surface area contributed by atoms with Crippen molar-refractivity contribution in [2.45, 2.75) is 57.9 Å². The van der Waals surface area contributed by atoms with Crippen molar-refractivity contribution in [2.24, 2.45) is 0 Å². The summed E-state index contributed by atoms with van der Waals surface area (Å²) in [6.45, 7) is 0.772. The molecule has 0 atom stereocenters. The second kappa shape index (κ2) is 7.19. The van der Waals surface area contributed by atoms with Crippen LogP contribution in [0.2, 0.25) is 0 Å². The van der Waals surface area contributed by atoms with Crippen molar-refractivity contribution in [1.29, 1.82) is 0 Å². The van der Waals surface area contributed by atoms with Gasteiger partial charge in [-0.3, -0.25) is 9.59 Å². The normalized spacial score (nSPS) is 16.3. The van der Waals surface area contributed by atoms with Crippen LogP contribution in [0, 0.1) is 0 Å². The molecule has 0 saturated carbocycles. The molecule has 0 fully saturated rings. The first-order chi connectivity index (χ1) is 12.7. The van der Waals surface area contributed by atoms with E-state index >= 15 is 0 Å². The van der Waals surface area contributed by atoms with Gasteiger partial charge in [0.15, 0.2) is 0 Å². The molecule has 3 heterocycles. The van der Waals surface area contributed by atoms with Gasteiger partial charge in [-0.1, -0.05) is 6.42 Å². The van der Waals surface area contributed by atoms with Gasteiger partial charge in [0.25, 0.3) is 11.8 Å². The summed E-state index contributed by atoms with van der Waals surface area (Å²) in [5.74, 6) is 0.801. The maximum atomic E-state index is 12.9. The van der Waals surface area contributed by atoms with E-state index in [1.165, 1.54) is 16.2 Å². The lowest BCUT2D eigenvalue weighted by Gasteiger charge is -2.12. The molecule has 0 unspecified atom stereocenters. The number of aryl methyl sites for hydroxylation is 2. The van der Waals surface area contributed by atoms with Gasteiger partial charge in [0.1, 0.15) is 10.8 Å². The average Bonchev–Trinajstić information content (AvgIpc) is 3.14. The number of fused-ring (bicyclic) bond motifs is 2. The van der Waals surface area contributed by atoms with Gasteiger partial charge >= 0.3 is 0 Å².